The maximum atomic E-state index is 12.4. The molecule has 35 heavy (non-hydrogen) atoms. The van der Waals surface area contributed by atoms with Gasteiger partial charge in [-0.15, -0.1) is 0 Å². The van der Waals surface area contributed by atoms with Crippen LogP contribution in [0.3, 0.4) is 0 Å². The molecule has 0 fully saturated rings. The number of nitrogens with one attached hydrogen (secondary N) is 4. The van der Waals surface area contributed by atoms with Crippen LogP contribution in [0.2, 0.25) is 0 Å². The minimum absolute atomic E-state index is 0.0348. The summed E-state index contributed by atoms with van der Waals surface area (Å²) in [4.78, 5) is 39.4. The summed E-state index contributed by atoms with van der Waals surface area (Å²) in [5.41, 5.74) is 6.89. The maximum absolute atomic E-state index is 12.4. The largest absolute Gasteiger partial charge is 0.457 e. The molecule has 1 aromatic heterocycles. The first-order valence-corrected chi connectivity index (χ1v) is 11.3. The van der Waals surface area contributed by atoms with Crippen molar-refractivity contribution in [1.29, 1.82) is 0 Å². The molecule has 0 radical (unpaired) electrons. The number of carbonyl (C=O) groups excluding carboxylic acids is 3. The summed E-state index contributed by atoms with van der Waals surface area (Å²) < 4.78 is 5.82. The van der Waals surface area contributed by atoms with Gasteiger partial charge in [-0.05, 0) is 48.4 Å². The molecule has 8 nitrogen and oxygen atoms in total. The van der Waals surface area contributed by atoms with Crippen molar-refractivity contribution in [3.8, 4) is 11.5 Å². The van der Waals surface area contributed by atoms with Crippen LogP contribution in [0.25, 0.3) is 10.9 Å². The van der Waals surface area contributed by atoms with Gasteiger partial charge in [0.2, 0.25) is 11.8 Å². The Morgan fingerprint density at radius 3 is 2.23 bits per heavy atom. The first kappa shape index (κ1) is 23.6. The first-order chi connectivity index (χ1) is 17.1. The van der Waals surface area contributed by atoms with Crippen molar-refractivity contribution < 1.29 is 19.1 Å². The van der Waals surface area contributed by atoms with Gasteiger partial charge in [0.05, 0.1) is 0 Å². The highest BCUT2D eigenvalue weighted by Crippen LogP contribution is 2.26. The average Bonchev–Trinajstić information content (AvgIpc) is 3.31. The van der Waals surface area contributed by atoms with Crippen LogP contribution in [0.1, 0.15) is 28.9 Å². The van der Waals surface area contributed by atoms with Crippen molar-refractivity contribution in [2.24, 2.45) is 0 Å². The summed E-state index contributed by atoms with van der Waals surface area (Å²) in [6.07, 6.45) is 0.719. The number of hydrazine groups is 1. The fourth-order valence-electron chi connectivity index (χ4n) is 3.48. The maximum Gasteiger partial charge on any atom is 0.286 e. The van der Waals surface area contributed by atoms with Crippen LogP contribution in [-0.4, -0.2) is 29.3 Å². The fourth-order valence-corrected chi connectivity index (χ4v) is 3.48. The van der Waals surface area contributed by atoms with Crippen LogP contribution in [-0.2, 0) is 16.0 Å². The van der Waals surface area contributed by atoms with E-state index in [1.165, 1.54) is 0 Å². The smallest absolute Gasteiger partial charge is 0.286 e. The van der Waals surface area contributed by atoms with Crippen molar-refractivity contribution in [3.63, 3.8) is 0 Å². The van der Waals surface area contributed by atoms with E-state index in [1.807, 2.05) is 72.8 Å². The van der Waals surface area contributed by atoms with Gasteiger partial charge < -0.3 is 15.0 Å². The zero-order valence-corrected chi connectivity index (χ0v) is 19.0. The van der Waals surface area contributed by atoms with Gasteiger partial charge in [0, 0.05) is 30.3 Å². The molecule has 0 spiro atoms. The molecule has 4 N–H and O–H groups in total. The van der Waals surface area contributed by atoms with Crippen LogP contribution in [0.15, 0.2) is 84.9 Å². The van der Waals surface area contributed by atoms with Gasteiger partial charge in [-0.25, -0.2) is 0 Å². The molecular weight excluding hydrogens is 444 g/mol. The van der Waals surface area contributed by atoms with E-state index < -0.39 is 11.8 Å². The van der Waals surface area contributed by atoms with E-state index in [9.17, 15) is 14.4 Å². The second kappa shape index (κ2) is 11.5. The van der Waals surface area contributed by atoms with E-state index >= 15 is 0 Å². The summed E-state index contributed by atoms with van der Waals surface area (Å²) in [5, 5.41) is 3.58. The molecular formula is C27H26N4O4. The Hall–Kier alpha value is -4.59. The predicted molar refractivity (Wildman–Crippen MR) is 133 cm³/mol. The van der Waals surface area contributed by atoms with Crippen LogP contribution >= 0.6 is 0 Å². The lowest BCUT2D eigenvalue weighted by atomic mass is 10.1. The molecule has 4 rings (SSSR count). The number of aromatic amines is 1. The molecule has 3 aromatic carbocycles. The number of ether oxygens (including phenoxy) is 1. The van der Waals surface area contributed by atoms with E-state index in [-0.39, 0.29) is 24.4 Å². The molecule has 0 bridgehead atoms. The molecule has 3 amide bonds. The monoisotopic (exact) mass is 470 g/mol. The van der Waals surface area contributed by atoms with Gasteiger partial charge >= 0.3 is 0 Å². The van der Waals surface area contributed by atoms with Crippen LogP contribution in [0.4, 0.5) is 0 Å². The number of rotatable bonds is 9. The number of aromatic nitrogens is 1. The SMILES string of the molecule is O=C(CCC(=O)NNC(=O)c1cc2cc(Oc3ccccc3)ccc2[nH]1)NCCc1ccccc1. The lowest BCUT2D eigenvalue weighted by Crippen LogP contribution is -2.42. The van der Waals surface area contributed by atoms with E-state index in [0.717, 1.165) is 22.9 Å². The van der Waals surface area contributed by atoms with E-state index in [0.29, 0.717) is 18.0 Å². The highest BCUT2D eigenvalue weighted by molar-refractivity contribution is 5.99. The van der Waals surface area contributed by atoms with Gasteiger partial charge in [0.15, 0.2) is 0 Å². The number of benzene rings is 3. The minimum Gasteiger partial charge on any atom is -0.457 e. The van der Waals surface area contributed by atoms with Gasteiger partial charge in [0.1, 0.15) is 17.2 Å². The fraction of sp³-hybridized carbons (Fsp3) is 0.148. The number of hydrogen-bond donors (Lipinski definition) is 4. The highest BCUT2D eigenvalue weighted by Gasteiger charge is 2.12. The molecule has 8 heteroatoms. The Balaban J connectivity index is 1.20. The lowest BCUT2D eigenvalue weighted by Gasteiger charge is -2.07. The standard InChI is InChI=1S/C27H26N4O4/c32-25(28-16-15-19-7-3-1-4-8-19)13-14-26(33)30-31-27(34)24-18-20-17-22(11-12-23(20)29-24)35-21-9-5-2-6-10-21/h1-12,17-18,29H,13-16H2,(H,28,32)(H,30,33)(H,31,34). The molecule has 0 aliphatic rings. The average molecular weight is 471 g/mol. The van der Waals surface area contributed by atoms with E-state index in [4.69, 9.17) is 4.74 Å². The normalized spacial score (nSPS) is 10.5. The van der Waals surface area contributed by atoms with Crippen molar-refractivity contribution in [2.45, 2.75) is 19.3 Å². The molecule has 0 aliphatic carbocycles. The number of para-hydroxylation sites is 1. The Bertz CT molecular complexity index is 1300. The minimum atomic E-state index is -0.493. The third-order valence-electron chi connectivity index (χ3n) is 5.29. The second-order valence-electron chi connectivity index (χ2n) is 7.94. The third kappa shape index (κ3) is 6.94. The summed E-state index contributed by atoms with van der Waals surface area (Å²) in [6, 6.07) is 26.3. The summed E-state index contributed by atoms with van der Waals surface area (Å²) in [7, 11) is 0. The Morgan fingerprint density at radius 1 is 0.743 bits per heavy atom. The molecule has 178 valence electrons. The molecule has 1 heterocycles. The highest BCUT2D eigenvalue weighted by atomic mass is 16.5. The quantitative estimate of drug-likeness (QED) is 0.278. The zero-order chi connectivity index (χ0) is 24.5. The predicted octanol–water partition coefficient (Wildman–Crippen LogP) is 3.86. The molecule has 0 aliphatic heterocycles. The van der Waals surface area contributed by atoms with Gasteiger partial charge in [-0.2, -0.15) is 0 Å². The number of carbonyl (C=O) groups is 3. The van der Waals surface area contributed by atoms with Gasteiger partial charge in [-0.3, -0.25) is 25.2 Å². The summed E-state index contributed by atoms with van der Waals surface area (Å²) >= 11 is 0. The van der Waals surface area contributed by atoms with Crippen LogP contribution < -0.4 is 20.9 Å². The number of hydrogen-bond acceptors (Lipinski definition) is 4. The Morgan fingerprint density at radius 2 is 1.46 bits per heavy atom. The molecule has 0 atom stereocenters. The summed E-state index contributed by atoms with van der Waals surface area (Å²) in [5.74, 6) is 0.197. The molecule has 0 unspecified atom stereocenters. The van der Waals surface area contributed by atoms with E-state index in [1.54, 1.807) is 12.1 Å². The molecule has 0 saturated carbocycles. The van der Waals surface area contributed by atoms with Crippen molar-refractivity contribution in [2.75, 3.05) is 6.54 Å². The van der Waals surface area contributed by atoms with Gasteiger partial charge in [0.25, 0.3) is 5.91 Å². The molecule has 0 saturated heterocycles. The number of amides is 3. The third-order valence-corrected chi connectivity index (χ3v) is 5.29. The number of fused-ring (bicyclic) bond motifs is 1. The topological polar surface area (TPSA) is 112 Å². The van der Waals surface area contributed by atoms with E-state index in [2.05, 4.69) is 21.2 Å². The Labute approximate surface area is 202 Å². The van der Waals surface area contributed by atoms with Crippen molar-refractivity contribution >= 4 is 28.6 Å². The second-order valence-corrected chi connectivity index (χ2v) is 7.94. The van der Waals surface area contributed by atoms with Crippen LogP contribution in [0, 0.1) is 0 Å². The molecule has 4 aromatic rings. The number of H-pyrrole nitrogens is 1. The summed E-state index contributed by atoms with van der Waals surface area (Å²) in [6.45, 7) is 0.500. The van der Waals surface area contributed by atoms with Crippen LogP contribution in [0.5, 0.6) is 11.5 Å². The lowest BCUT2D eigenvalue weighted by molar-refractivity contribution is -0.126. The Kier molecular flexibility index (Phi) is 7.75. The van der Waals surface area contributed by atoms with Crippen molar-refractivity contribution in [1.82, 2.24) is 21.2 Å². The van der Waals surface area contributed by atoms with Gasteiger partial charge in [-0.1, -0.05) is 48.5 Å². The first-order valence-electron chi connectivity index (χ1n) is 11.3. The zero-order valence-electron chi connectivity index (χ0n) is 19.0. The van der Waals surface area contributed by atoms with Crippen molar-refractivity contribution in [3.05, 3.63) is 96.2 Å².